The molecule has 0 atom stereocenters. The molecule has 1 aliphatic rings. The molecule has 1 aliphatic heterocycles. The predicted molar refractivity (Wildman–Crippen MR) is 98.0 cm³/mol. The standard InChI is InChI=1S/C19H19N3O2.ClH/c1-2-4-17(5-3-1)23-13-18-21-19(24-22-18)16-7-6-14-8-10-20-11-9-15(14)12-16;/h1-7,12,20H,8-11,13H2;1H. The van der Waals surface area contributed by atoms with Gasteiger partial charge in [-0.2, -0.15) is 4.98 Å². The number of nitrogens with one attached hydrogen (secondary N) is 1. The molecule has 1 aromatic heterocycles. The second-order valence-electron chi connectivity index (χ2n) is 5.85. The Kier molecular flexibility index (Phi) is 5.68. The molecule has 2 aromatic carbocycles. The summed E-state index contributed by atoms with van der Waals surface area (Å²) in [5.74, 6) is 1.88. The first kappa shape index (κ1) is 17.5. The van der Waals surface area contributed by atoms with Crippen molar-refractivity contribution in [2.75, 3.05) is 13.1 Å². The van der Waals surface area contributed by atoms with Crippen molar-refractivity contribution in [3.63, 3.8) is 0 Å². The van der Waals surface area contributed by atoms with E-state index in [-0.39, 0.29) is 12.4 Å². The molecule has 2 heterocycles. The third-order valence-corrected chi connectivity index (χ3v) is 4.17. The number of rotatable bonds is 4. The molecule has 0 radical (unpaired) electrons. The Bertz CT molecular complexity index is 821. The number of nitrogens with zero attached hydrogens (tertiary/aromatic N) is 2. The van der Waals surface area contributed by atoms with Crippen molar-refractivity contribution >= 4 is 12.4 Å². The Hall–Kier alpha value is -2.37. The maximum absolute atomic E-state index is 5.66. The van der Waals surface area contributed by atoms with Crippen LogP contribution in [0.2, 0.25) is 0 Å². The Morgan fingerprint density at radius 1 is 1.00 bits per heavy atom. The van der Waals surface area contributed by atoms with Crippen LogP contribution in [0.4, 0.5) is 0 Å². The number of hydrogen-bond acceptors (Lipinski definition) is 5. The molecule has 0 amide bonds. The number of para-hydroxylation sites is 1. The second-order valence-corrected chi connectivity index (χ2v) is 5.85. The van der Waals surface area contributed by atoms with Gasteiger partial charge in [0, 0.05) is 5.56 Å². The number of halogens is 1. The molecule has 0 fully saturated rings. The first-order valence-electron chi connectivity index (χ1n) is 8.22. The number of hydrogen-bond donors (Lipinski definition) is 1. The normalized spacial score (nSPS) is 13.4. The fourth-order valence-corrected chi connectivity index (χ4v) is 2.90. The Morgan fingerprint density at radius 3 is 2.64 bits per heavy atom. The van der Waals surface area contributed by atoms with Gasteiger partial charge < -0.3 is 14.6 Å². The van der Waals surface area contributed by atoms with Crippen LogP contribution in [-0.2, 0) is 19.4 Å². The quantitative estimate of drug-likeness (QED) is 0.775. The third kappa shape index (κ3) is 4.18. The summed E-state index contributed by atoms with van der Waals surface area (Å²) in [6.07, 6.45) is 2.09. The zero-order valence-corrected chi connectivity index (χ0v) is 14.6. The van der Waals surface area contributed by atoms with Gasteiger partial charge in [-0.1, -0.05) is 29.4 Å². The average Bonchev–Trinajstić information content (AvgIpc) is 2.98. The molecule has 0 bridgehead atoms. The van der Waals surface area contributed by atoms with Gasteiger partial charge in [0.25, 0.3) is 5.89 Å². The Balaban J connectivity index is 0.00000182. The predicted octanol–water partition coefficient (Wildman–Crippen LogP) is 3.43. The number of benzene rings is 2. The van der Waals surface area contributed by atoms with Gasteiger partial charge in [-0.05, 0) is 61.3 Å². The summed E-state index contributed by atoms with van der Waals surface area (Å²) >= 11 is 0. The smallest absolute Gasteiger partial charge is 0.258 e. The molecular weight excluding hydrogens is 338 g/mol. The van der Waals surface area contributed by atoms with Crippen LogP contribution in [0.15, 0.2) is 53.1 Å². The fraction of sp³-hybridized carbons (Fsp3) is 0.263. The summed E-state index contributed by atoms with van der Waals surface area (Å²) in [7, 11) is 0. The molecule has 0 saturated heterocycles. The first-order valence-corrected chi connectivity index (χ1v) is 8.22. The maximum Gasteiger partial charge on any atom is 0.258 e. The lowest BCUT2D eigenvalue weighted by Crippen LogP contribution is -2.16. The minimum absolute atomic E-state index is 0. The van der Waals surface area contributed by atoms with E-state index < -0.39 is 0 Å². The summed E-state index contributed by atoms with van der Waals surface area (Å²) in [4.78, 5) is 4.45. The molecular formula is C19H20ClN3O2. The van der Waals surface area contributed by atoms with Crippen molar-refractivity contribution < 1.29 is 9.26 Å². The van der Waals surface area contributed by atoms with Crippen molar-refractivity contribution in [3.8, 4) is 17.2 Å². The van der Waals surface area contributed by atoms with Crippen molar-refractivity contribution in [1.82, 2.24) is 15.5 Å². The van der Waals surface area contributed by atoms with Gasteiger partial charge in [-0.15, -0.1) is 12.4 Å². The molecule has 3 aromatic rings. The molecule has 0 saturated carbocycles. The van der Waals surface area contributed by atoms with E-state index in [4.69, 9.17) is 9.26 Å². The zero-order chi connectivity index (χ0) is 16.2. The lowest BCUT2D eigenvalue weighted by molar-refractivity contribution is 0.287. The minimum Gasteiger partial charge on any atom is -0.485 e. The number of ether oxygens (including phenoxy) is 1. The van der Waals surface area contributed by atoms with E-state index in [2.05, 4.69) is 33.7 Å². The molecule has 130 valence electrons. The molecule has 5 nitrogen and oxygen atoms in total. The molecule has 25 heavy (non-hydrogen) atoms. The van der Waals surface area contributed by atoms with Crippen molar-refractivity contribution in [2.45, 2.75) is 19.4 Å². The SMILES string of the molecule is Cl.c1ccc(OCc2noc(-c3ccc4c(c3)CCNCC4)n2)cc1. The molecule has 0 unspecified atom stereocenters. The fourth-order valence-electron chi connectivity index (χ4n) is 2.90. The molecule has 6 heteroatoms. The molecule has 0 aliphatic carbocycles. The minimum atomic E-state index is 0. The lowest BCUT2D eigenvalue weighted by atomic mass is 10.00. The van der Waals surface area contributed by atoms with Crippen molar-refractivity contribution in [1.29, 1.82) is 0 Å². The van der Waals surface area contributed by atoms with E-state index >= 15 is 0 Å². The highest BCUT2D eigenvalue weighted by atomic mass is 35.5. The van der Waals surface area contributed by atoms with Gasteiger partial charge in [0.1, 0.15) is 5.75 Å². The largest absolute Gasteiger partial charge is 0.485 e. The van der Waals surface area contributed by atoms with Crippen LogP contribution in [0.5, 0.6) is 5.75 Å². The maximum atomic E-state index is 5.66. The third-order valence-electron chi connectivity index (χ3n) is 4.17. The van der Waals surface area contributed by atoms with Gasteiger partial charge in [-0.3, -0.25) is 0 Å². The van der Waals surface area contributed by atoms with E-state index in [1.54, 1.807) is 0 Å². The van der Waals surface area contributed by atoms with E-state index in [1.165, 1.54) is 11.1 Å². The van der Waals surface area contributed by atoms with E-state index in [9.17, 15) is 0 Å². The van der Waals surface area contributed by atoms with Crippen LogP contribution in [0.1, 0.15) is 17.0 Å². The van der Waals surface area contributed by atoms with Crippen molar-refractivity contribution in [2.24, 2.45) is 0 Å². The van der Waals surface area contributed by atoms with Crippen LogP contribution in [-0.4, -0.2) is 23.2 Å². The monoisotopic (exact) mass is 357 g/mol. The summed E-state index contributed by atoms with van der Waals surface area (Å²) in [5, 5.41) is 7.44. The van der Waals surface area contributed by atoms with E-state index in [0.29, 0.717) is 18.3 Å². The summed E-state index contributed by atoms with van der Waals surface area (Å²) in [6.45, 7) is 2.34. The van der Waals surface area contributed by atoms with E-state index in [0.717, 1.165) is 37.2 Å². The highest BCUT2D eigenvalue weighted by molar-refractivity contribution is 5.85. The first-order chi connectivity index (χ1) is 11.9. The molecule has 4 rings (SSSR count). The number of fused-ring (bicyclic) bond motifs is 1. The topological polar surface area (TPSA) is 60.2 Å². The van der Waals surface area contributed by atoms with Crippen LogP contribution >= 0.6 is 12.4 Å². The number of aromatic nitrogens is 2. The highest BCUT2D eigenvalue weighted by Crippen LogP contribution is 2.23. The van der Waals surface area contributed by atoms with Crippen LogP contribution in [0.3, 0.4) is 0 Å². The van der Waals surface area contributed by atoms with Gasteiger partial charge in [0.15, 0.2) is 6.61 Å². The molecule has 0 spiro atoms. The van der Waals surface area contributed by atoms with Crippen LogP contribution < -0.4 is 10.1 Å². The average molecular weight is 358 g/mol. The lowest BCUT2D eigenvalue weighted by Gasteiger charge is -2.05. The van der Waals surface area contributed by atoms with Gasteiger partial charge >= 0.3 is 0 Å². The highest BCUT2D eigenvalue weighted by Gasteiger charge is 2.13. The van der Waals surface area contributed by atoms with Crippen LogP contribution in [0.25, 0.3) is 11.5 Å². The van der Waals surface area contributed by atoms with Gasteiger partial charge in [-0.25, -0.2) is 0 Å². The Morgan fingerprint density at radius 2 is 1.80 bits per heavy atom. The van der Waals surface area contributed by atoms with Gasteiger partial charge in [0.05, 0.1) is 0 Å². The van der Waals surface area contributed by atoms with E-state index in [1.807, 2.05) is 30.3 Å². The van der Waals surface area contributed by atoms with Crippen molar-refractivity contribution in [3.05, 3.63) is 65.5 Å². The zero-order valence-electron chi connectivity index (χ0n) is 13.8. The summed E-state index contributed by atoms with van der Waals surface area (Å²) in [6, 6.07) is 16.0. The summed E-state index contributed by atoms with van der Waals surface area (Å²) in [5.41, 5.74) is 3.72. The summed E-state index contributed by atoms with van der Waals surface area (Å²) < 4.78 is 11.1. The molecule has 1 N–H and O–H groups in total. The second kappa shape index (κ2) is 8.14. The Labute approximate surface area is 152 Å². The van der Waals surface area contributed by atoms with Crippen LogP contribution in [0, 0.1) is 0 Å². The van der Waals surface area contributed by atoms with Gasteiger partial charge in [0.2, 0.25) is 5.82 Å².